The molecule has 0 fully saturated rings. The molecule has 0 aliphatic heterocycles. The highest BCUT2D eigenvalue weighted by Gasteiger charge is 2.25. The number of ketones is 1. The Morgan fingerprint density at radius 3 is 1.48 bits per heavy atom. The van der Waals surface area contributed by atoms with Crippen molar-refractivity contribution in [2.75, 3.05) is 49.3 Å². The first kappa shape index (κ1) is 25.4. The van der Waals surface area contributed by atoms with Gasteiger partial charge in [0, 0.05) is 5.56 Å². The SMILES string of the molecule is CCOC(=O)/C(=C\c1cc(OC)c(OC)c(OC)c1)C(=O)c1cc(OC)c(OC)c(OC)c1. The maximum atomic E-state index is 13.4. The topological polar surface area (TPSA) is 98.8 Å². The maximum absolute atomic E-state index is 13.4. The van der Waals surface area contributed by atoms with Crippen LogP contribution in [0, 0.1) is 0 Å². The van der Waals surface area contributed by atoms with Crippen LogP contribution in [0.15, 0.2) is 29.8 Å². The number of carbonyl (C=O) groups excluding carboxylic acids is 2. The summed E-state index contributed by atoms with van der Waals surface area (Å²) in [5.41, 5.74) is 0.407. The summed E-state index contributed by atoms with van der Waals surface area (Å²) in [5, 5.41) is 0. The normalized spacial score (nSPS) is 10.8. The van der Waals surface area contributed by atoms with Gasteiger partial charge in [-0.2, -0.15) is 0 Å². The number of hydrogen-bond acceptors (Lipinski definition) is 9. The van der Waals surface area contributed by atoms with E-state index in [0.29, 0.717) is 28.6 Å². The molecule has 0 amide bonds. The third-order valence-electron chi connectivity index (χ3n) is 4.66. The zero-order chi connectivity index (χ0) is 24.5. The average molecular weight is 460 g/mol. The quantitative estimate of drug-likeness (QED) is 0.164. The first-order chi connectivity index (χ1) is 15.9. The van der Waals surface area contributed by atoms with E-state index in [-0.39, 0.29) is 29.2 Å². The Morgan fingerprint density at radius 2 is 1.12 bits per heavy atom. The van der Waals surface area contributed by atoms with Gasteiger partial charge in [-0.15, -0.1) is 0 Å². The molecule has 9 nitrogen and oxygen atoms in total. The number of carbonyl (C=O) groups is 2. The number of ether oxygens (including phenoxy) is 7. The number of Topliss-reactive ketones (excluding diaryl/α,β-unsaturated/α-hetero) is 1. The van der Waals surface area contributed by atoms with E-state index in [9.17, 15) is 9.59 Å². The zero-order valence-corrected chi connectivity index (χ0v) is 19.8. The fraction of sp³-hybridized carbons (Fsp3) is 0.333. The molecule has 0 heterocycles. The van der Waals surface area contributed by atoms with Crippen molar-refractivity contribution in [3.63, 3.8) is 0 Å². The Balaban J connectivity index is 2.69. The minimum absolute atomic E-state index is 0.0912. The highest BCUT2D eigenvalue weighted by molar-refractivity contribution is 6.27. The number of esters is 1. The summed E-state index contributed by atoms with van der Waals surface area (Å²) in [5.74, 6) is 0.602. The molecule has 0 radical (unpaired) electrons. The number of benzene rings is 2. The van der Waals surface area contributed by atoms with Gasteiger partial charge < -0.3 is 33.2 Å². The largest absolute Gasteiger partial charge is 0.493 e. The fourth-order valence-corrected chi connectivity index (χ4v) is 3.15. The summed E-state index contributed by atoms with van der Waals surface area (Å²) in [6.07, 6.45) is 1.40. The summed E-state index contributed by atoms with van der Waals surface area (Å²) >= 11 is 0. The van der Waals surface area contributed by atoms with Gasteiger partial charge in [-0.05, 0) is 42.8 Å². The number of methoxy groups -OCH3 is 6. The van der Waals surface area contributed by atoms with E-state index in [2.05, 4.69) is 0 Å². The third-order valence-corrected chi connectivity index (χ3v) is 4.66. The number of hydrogen-bond donors (Lipinski definition) is 0. The van der Waals surface area contributed by atoms with E-state index in [0.717, 1.165) is 0 Å². The van der Waals surface area contributed by atoms with Crippen molar-refractivity contribution >= 4 is 17.8 Å². The van der Waals surface area contributed by atoms with E-state index in [4.69, 9.17) is 33.2 Å². The molecule has 0 bridgehead atoms. The van der Waals surface area contributed by atoms with Gasteiger partial charge in [0.25, 0.3) is 0 Å². The monoisotopic (exact) mass is 460 g/mol. The molecule has 0 aliphatic carbocycles. The Bertz CT molecular complexity index is 990. The fourth-order valence-electron chi connectivity index (χ4n) is 3.15. The molecule has 0 unspecified atom stereocenters. The predicted octanol–water partition coefficient (Wildman–Crippen LogP) is 3.57. The second-order valence-electron chi connectivity index (χ2n) is 6.48. The molecule has 33 heavy (non-hydrogen) atoms. The van der Waals surface area contributed by atoms with Gasteiger partial charge in [-0.3, -0.25) is 4.79 Å². The van der Waals surface area contributed by atoms with E-state index < -0.39 is 11.8 Å². The Hall–Kier alpha value is -3.88. The van der Waals surface area contributed by atoms with Crippen molar-refractivity contribution in [3.05, 3.63) is 41.0 Å². The van der Waals surface area contributed by atoms with E-state index in [1.165, 1.54) is 60.9 Å². The molecule has 0 spiro atoms. The predicted molar refractivity (Wildman–Crippen MR) is 121 cm³/mol. The summed E-state index contributed by atoms with van der Waals surface area (Å²) in [6, 6.07) is 6.16. The summed E-state index contributed by atoms with van der Waals surface area (Å²) in [6.45, 7) is 1.74. The molecular weight excluding hydrogens is 432 g/mol. The van der Waals surface area contributed by atoms with Crippen LogP contribution >= 0.6 is 0 Å². The standard InChI is InChI=1S/C24H28O9/c1-8-33-24(26)16(9-14-10-17(27-2)22(31-6)18(11-14)28-3)21(25)15-12-19(29-4)23(32-7)20(13-15)30-5/h9-13H,8H2,1-7H3/b16-9-. The molecule has 2 aromatic carbocycles. The molecule has 9 heteroatoms. The minimum atomic E-state index is -0.787. The Labute approximate surface area is 192 Å². The van der Waals surface area contributed by atoms with Crippen molar-refractivity contribution in [2.45, 2.75) is 6.92 Å². The molecular formula is C24H28O9. The van der Waals surface area contributed by atoms with Crippen LogP contribution in [0.25, 0.3) is 6.08 Å². The minimum Gasteiger partial charge on any atom is -0.493 e. The molecule has 0 aromatic heterocycles. The molecule has 0 N–H and O–H groups in total. The van der Waals surface area contributed by atoms with E-state index in [1.807, 2.05) is 0 Å². The Morgan fingerprint density at radius 1 is 0.697 bits per heavy atom. The lowest BCUT2D eigenvalue weighted by atomic mass is 9.99. The van der Waals surface area contributed by atoms with E-state index >= 15 is 0 Å². The number of rotatable bonds is 11. The molecule has 178 valence electrons. The van der Waals surface area contributed by atoms with E-state index in [1.54, 1.807) is 19.1 Å². The highest BCUT2D eigenvalue weighted by atomic mass is 16.5. The Kier molecular flexibility index (Phi) is 8.97. The van der Waals surface area contributed by atoms with Crippen LogP contribution in [0.2, 0.25) is 0 Å². The van der Waals surface area contributed by atoms with Crippen LogP contribution in [0.1, 0.15) is 22.8 Å². The maximum Gasteiger partial charge on any atom is 0.342 e. The molecule has 0 saturated heterocycles. The van der Waals surface area contributed by atoms with Crippen LogP contribution in [0.3, 0.4) is 0 Å². The summed E-state index contributed by atoms with van der Waals surface area (Å²) < 4.78 is 37.1. The molecule has 0 aliphatic rings. The zero-order valence-electron chi connectivity index (χ0n) is 19.8. The molecule has 0 atom stereocenters. The van der Waals surface area contributed by atoms with Crippen LogP contribution in [0.4, 0.5) is 0 Å². The van der Waals surface area contributed by atoms with Gasteiger partial charge in [-0.25, -0.2) is 4.79 Å². The van der Waals surface area contributed by atoms with Crippen LogP contribution in [-0.2, 0) is 9.53 Å². The first-order valence-electron chi connectivity index (χ1n) is 9.92. The second-order valence-corrected chi connectivity index (χ2v) is 6.48. The molecule has 2 rings (SSSR count). The van der Waals surface area contributed by atoms with Crippen LogP contribution in [-0.4, -0.2) is 61.0 Å². The van der Waals surface area contributed by atoms with Crippen molar-refractivity contribution in [1.29, 1.82) is 0 Å². The average Bonchev–Trinajstić information content (AvgIpc) is 2.84. The first-order valence-corrected chi connectivity index (χ1v) is 9.92. The lowest BCUT2D eigenvalue weighted by Crippen LogP contribution is -2.16. The summed E-state index contributed by atoms with van der Waals surface area (Å²) in [7, 11) is 8.74. The smallest absolute Gasteiger partial charge is 0.342 e. The van der Waals surface area contributed by atoms with Gasteiger partial charge >= 0.3 is 5.97 Å². The highest BCUT2D eigenvalue weighted by Crippen LogP contribution is 2.40. The third kappa shape index (κ3) is 5.49. The second kappa shape index (κ2) is 11.7. The van der Waals surface area contributed by atoms with Crippen molar-refractivity contribution in [3.8, 4) is 34.5 Å². The van der Waals surface area contributed by atoms with Gasteiger partial charge in [0.15, 0.2) is 23.0 Å². The van der Waals surface area contributed by atoms with Crippen molar-refractivity contribution in [1.82, 2.24) is 0 Å². The van der Waals surface area contributed by atoms with Gasteiger partial charge in [-0.1, -0.05) is 0 Å². The lowest BCUT2D eigenvalue weighted by molar-refractivity contribution is -0.137. The van der Waals surface area contributed by atoms with Gasteiger partial charge in [0.2, 0.25) is 17.3 Å². The lowest BCUT2D eigenvalue weighted by Gasteiger charge is -2.15. The van der Waals surface area contributed by atoms with Crippen LogP contribution in [0.5, 0.6) is 34.5 Å². The molecule has 0 saturated carbocycles. The van der Waals surface area contributed by atoms with Crippen LogP contribution < -0.4 is 28.4 Å². The van der Waals surface area contributed by atoms with Crippen molar-refractivity contribution in [2.24, 2.45) is 0 Å². The van der Waals surface area contributed by atoms with Crippen molar-refractivity contribution < 1.29 is 42.7 Å². The molecule has 2 aromatic rings. The van der Waals surface area contributed by atoms with Gasteiger partial charge in [0.1, 0.15) is 5.57 Å². The van der Waals surface area contributed by atoms with Gasteiger partial charge in [0.05, 0.1) is 49.3 Å². The summed E-state index contributed by atoms with van der Waals surface area (Å²) in [4.78, 5) is 26.2.